The molecular weight excluding hydrogens is 348 g/mol. The second kappa shape index (κ2) is 6.76. The summed E-state index contributed by atoms with van der Waals surface area (Å²) in [6, 6.07) is 16.5. The van der Waals surface area contributed by atoms with E-state index < -0.39 is 6.04 Å². The predicted molar refractivity (Wildman–Crippen MR) is 104 cm³/mol. The van der Waals surface area contributed by atoms with Gasteiger partial charge in [0, 0.05) is 11.3 Å². The summed E-state index contributed by atoms with van der Waals surface area (Å²) in [5.41, 5.74) is 2.35. The van der Waals surface area contributed by atoms with Crippen molar-refractivity contribution in [2.24, 2.45) is 9.98 Å². The summed E-state index contributed by atoms with van der Waals surface area (Å²) in [5.74, 6) is 0.484. The molecule has 0 aromatic heterocycles. The number of amidine groups is 2. The molecule has 2 aliphatic heterocycles. The molecule has 7 heteroatoms. The van der Waals surface area contributed by atoms with E-state index in [-0.39, 0.29) is 17.6 Å². The Hall–Kier alpha value is -2.93. The van der Waals surface area contributed by atoms with Gasteiger partial charge in [0.25, 0.3) is 5.91 Å². The van der Waals surface area contributed by atoms with Crippen LogP contribution >= 0.6 is 11.8 Å². The van der Waals surface area contributed by atoms with E-state index in [4.69, 9.17) is 0 Å². The Balaban J connectivity index is 1.54. The molecule has 0 spiro atoms. The molecule has 130 valence electrons. The molecule has 0 fully saturated rings. The van der Waals surface area contributed by atoms with E-state index in [1.807, 2.05) is 59.5 Å². The minimum absolute atomic E-state index is 0.126. The van der Waals surface area contributed by atoms with Crippen molar-refractivity contribution in [3.8, 4) is 0 Å². The van der Waals surface area contributed by atoms with Crippen molar-refractivity contribution in [3.63, 3.8) is 0 Å². The maximum Gasteiger partial charge on any atom is 0.270 e. The number of amides is 2. The third-order valence-electron chi connectivity index (χ3n) is 4.15. The van der Waals surface area contributed by atoms with Gasteiger partial charge in [0.05, 0.1) is 11.4 Å². The first-order valence-corrected chi connectivity index (χ1v) is 9.19. The summed E-state index contributed by atoms with van der Waals surface area (Å²) in [4.78, 5) is 35.0. The standard InChI is InChI=1S/C19H16N4O2S/c1-12-18(25)22-17-14-9-5-6-10-15(14)21-19(23(12)17)26-11-16(24)20-13-7-3-2-4-8-13/h2-10,12H,11H2,1H3,(H,20,24). The summed E-state index contributed by atoms with van der Waals surface area (Å²) in [7, 11) is 0. The second-order valence-electron chi connectivity index (χ2n) is 5.93. The summed E-state index contributed by atoms with van der Waals surface area (Å²) in [5, 5.41) is 3.46. The number of carbonyl (C=O) groups excluding carboxylic acids is 2. The average molecular weight is 364 g/mol. The molecule has 0 saturated heterocycles. The zero-order valence-electron chi connectivity index (χ0n) is 14.0. The Bertz CT molecular complexity index is 940. The molecule has 4 rings (SSSR count). The van der Waals surface area contributed by atoms with Crippen LogP contribution in [0, 0.1) is 0 Å². The molecule has 1 unspecified atom stereocenters. The summed E-state index contributed by atoms with van der Waals surface area (Å²) < 4.78 is 0. The quantitative estimate of drug-likeness (QED) is 0.908. The molecule has 1 N–H and O–H groups in total. The van der Waals surface area contributed by atoms with Crippen molar-refractivity contribution >= 4 is 46.0 Å². The van der Waals surface area contributed by atoms with Gasteiger partial charge in [-0.15, -0.1) is 0 Å². The van der Waals surface area contributed by atoms with Crippen LogP contribution in [0.5, 0.6) is 0 Å². The van der Waals surface area contributed by atoms with Crippen LogP contribution in [0.25, 0.3) is 0 Å². The molecule has 6 nitrogen and oxygen atoms in total. The molecule has 2 heterocycles. The van der Waals surface area contributed by atoms with E-state index >= 15 is 0 Å². The lowest BCUT2D eigenvalue weighted by atomic mass is 10.1. The van der Waals surface area contributed by atoms with Gasteiger partial charge in [0.2, 0.25) is 5.91 Å². The lowest BCUT2D eigenvalue weighted by Crippen LogP contribution is -2.42. The fourth-order valence-electron chi connectivity index (χ4n) is 2.86. The van der Waals surface area contributed by atoms with Crippen LogP contribution in [-0.2, 0) is 9.59 Å². The highest BCUT2D eigenvalue weighted by Gasteiger charge is 2.39. The minimum atomic E-state index is -0.415. The van der Waals surface area contributed by atoms with Gasteiger partial charge in [0.1, 0.15) is 11.9 Å². The Labute approximate surface area is 155 Å². The number of hydrogen-bond donors (Lipinski definition) is 1. The Morgan fingerprint density at radius 1 is 1.12 bits per heavy atom. The lowest BCUT2D eigenvalue weighted by molar-refractivity contribution is -0.119. The number of nitrogens with zero attached hydrogens (tertiary/aromatic N) is 3. The molecule has 1 atom stereocenters. The van der Waals surface area contributed by atoms with Gasteiger partial charge in [-0.2, -0.15) is 4.99 Å². The van der Waals surface area contributed by atoms with E-state index in [9.17, 15) is 9.59 Å². The highest BCUT2D eigenvalue weighted by molar-refractivity contribution is 8.14. The topological polar surface area (TPSA) is 74.1 Å². The third-order valence-corrected chi connectivity index (χ3v) is 5.10. The molecule has 0 aliphatic carbocycles. The van der Waals surface area contributed by atoms with Gasteiger partial charge in [-0.25, -0.2) is 4.99 Å². The van der Waals surface area contributed by atoms with Gasteiger partial charge in [-0.05, 0) is 31.2 Å². The number of anilines is 1. The zero-order chi connectivity index (χ0) is 18.1. The van der Waals surface area contributed by atoms with Crippen molar-refractivity contribution in [2.75, 3.05) is 11.1 Å². The molecule has 26 heavy (non-hydrogen) atoms. The van der Waals surface area contributed by atoms with Crippen molar-refractivity contribution in [3.05, 3.63) is 60.2 Å². The average Bonchev–Trinajstić information content (AvgIpc) is 2.96. The first-order valence-electron chi connectivity index (χ1n) is 8.21. The molecule has 0 bridgehead atoms. The number of nitrogens with one attached hydrogen (secondary N) is 1. The van der Waals surface area contributed by atoms with E-state index in [2.05, 4.69) is 15.3 Å². The van der Waals surface area contributed by atoms with Crippen molar-refractivity contribution in [2.45, 2.75) is 13.0 Å². The van der Waals surface area contributed by atoms with Crippen LogP contribution in [0.4, 0.5) is 11.4 Å². The van der Waals surface area contributed by atoms with Crippen LogP contribution in [0.15, 0.2) is 64.6 Å². The molecule has 2 aliphatic rings. The Morgan fingerprint density at radius 2 is 1.85 bits per heavy atom. The maximum absolute atomic E-state index is 12.2. The number of para-hydroxylation sites is 2. The van der Waals surface area contributed by atoms with Crippen LogP contribution in [0.3, 0.4) is 0 Å². The number of hydrogen-bond acceptors (Lipinski definition) is 5. The van der Waals surface area contributed by atoms with Crippen LogP contribution in [0.1, 0.15) is 12.5 Å². The van der Waals surface area contributed by atoms with Crippen LogP contribution in [-0.4, -0.2) is 39.5 Å². The van der Waals surface area contributed by atoms with Crippen molar-refractivity contribution < 1.29 is 9.59 Å². The molecule has 2 aromatic carbocycles. The number of benzene rings is 2. The van der Waals surface area contributed by atoms with Gasteiger partial charge in [-0.3, -0.25) is 14.5 Å². The summed E-state index contributed by atoms with van der Waals surface area (Å²) in [6.45, 7) is 1.80. The van der Waals surface area contributed by atoms with E-state index in [0.29, 0.717) is 11.0 Å². The first-order chi connectivity index (χ1) is 12.6. The first kappa shape index (κ1) is 16.5. The van der Waals surface area contributed by atoms with E-state index in [1.54, 1.807) is 6.92 Å². The minimum Gasteiger partial charge on any atom is -0.325 e. The molecule has 2 amide bonds. The summed E-state index contributed by atoms with van der Waals surface area (Å²) in [6.07, 6.45) is 0. The molecule has 0 radical (unpaired) electrons. The summed E-state index contributed by atoms with van der Waals surface area (Å²) >= 11 is 1.30. The van der Waals surface area contributed by atoms with E-state index in [0.717, 1.165) is 16.9 Å². The van der Waals surface area contributed by atoms with Gasteiger partial charge < -0.3 is 5.32 Å². The Morgan fingerprint density at radius 3 is 2.65 bits per heavy atom. The smallest absolute Gasteiger partial charge is 0.270 e. The fraction of sp³-hybridized carbons (Fsp3) is 0.158. The third kappa shape index (κ3) is 3.01. The zero-order valence-corrected chi connectivity index (χ0v) is 14.9. The molecule has 0 saturated carbocycles. The van der Waals surface area contributed by atoms with Crippen molar-refractivity contribution in [1.82, 2.24) is 4.90 Å². The van der Waals surface area contributed by atoms with Crippen LogP contribution in [0.2, 0.25) is 0 Å². The number of thioether (sulfide) groups is 1. The van der Waals surface area contributed by atoms with E-state index in [1.165, 1.54) is 11.8 Å². The highest BCUT2D eigenvalue weighted by atomic mass is 32.2. The maximum atomic E-state index is 12.2. The largest absolute Gasteiger partial charge is 0.325 e. The second-order valence-corrected chi connectivity index (χ2v) is 6.88. The Kier molecular flexibility index (Phi) is 4.30. The molecular formula is C19H16N4O2S. The van der Waals surface area contributed by atoms with Gasteiger partial charge >= 0.3 is 0 Å². The number of carbonyl (C=O) groups is 2. The number of rotatable bonds is 3. The van der Waals surface area contributed by atoms with Crippen LogP contribution < -0.4 is 5.32 Å². The number of fused-ring (bicyclic) bond motifs is 3. The van der Waals surface area contributed by atoms with Gasteiger partial charge in [0.15, 0.2) is 5.17 Å². The number of aliphatic imine (C=N–C) groups is 2. The predicted octanol–water partition coefficient (Wildman–Crippen LogP) is 3.04. The fourth-order valence-corrected chi connectivity index (χ4v) is 3.74. The lowest BCUT2D eigenvalue weighted by Gasteiger charge is -2.29. The monoisotopic (exact) mass is 364 g/mol. The van der Waals surface area contributed by atoms with Crippen molar-refractivity contribution in [1.29, 1.82) is 0 Å². The van der Waals surface area contributed by atoms with Gasteiger partial charge in [-0.1, -0.05) is 42.1 Å². The highest BCUT2D eigenvalue weighted by Crippen LogP contribution is 2.33. The normalized spacial score (nSPS) is 18.0. The SMILES string of the molecule is CC1C(=O)N=C2c3ccccc3N=C(SCC(=O)Nc3ccccc3)N21. The molecule has 2 aromatic rings.